The fraction of sp³-hybridized carbons (Fsp3) is 0.174. The minimum atomic E-state index is -0.401. The zero-order chi connectivity index (χ0) is 20.9. The second-order valence-corrected chi connectivity index (χ2v) is 7.87. The number of carbonyl (C=O) groups is 1. The van der Waals surface area contributed by atoms with Crippen LogP contribution in [0.3, 0.4) is 0 Å². The average Bonchev–Trinajstić information content (AvgIpc) is 3.50. The van der Waals surface area contributed by atoms with E-state index in [2.05, 4.69) is 31.8 Å². The number of para-hydroxylation sites is 1. The number of carbonyl (C=O) groups excluding carboxylic acids is 1. The summed E-state index contributed by atoms with van der Waals surface area (Å²) in [5.74, 6) is 0.614. The maximum Gasteiger partial charge on any atom is 0.249 e. The highest BCUT2D eigenvalue weighted by Crippen LogP contribution is 2.37. The van der Waals surface area contributed by atoms with E-state index in [4.69, 9.17) is 5.10 Å². The number of amides is 1. The third-order valence-corrected chi connectivity index (χ3v) is 6.04. The van der Waals surface area contributed by atoms with Crippen LogP contribution in [-0.4, -0.2) is 37.2 Å². The molecule has 0 bridgehead atoms. The zero-order valence-electron chi connectivity index (χ0n) is 16.8. The van der Waals surface area contributed by atoms with Gasteiger partial charge in [0.05, 0.1) is 11.6 Å². The smallest absolute Gasteiger partial charge is 0.249 e. The monoisotopic (exact) mass is 409 g/mol. The molecule has 0 saturated carbocycles. The van der Waals surface area contributed by atoms with E-state index in [0.717, 1.165) is 33.5 Å². The number of nitrogens with one attached hydrogen (secondary N) is 2. The van der Waals surface area contributed by atoms with Gasteiger partial charge in [0.2, 0.25) is 5.91 Å². The van der Waals surface area contributed by atoms with Gasteiger partial charge in [-0.3, -0.25) is 4.79 Å². The lowest BCUT2D eigenvalue weighted by Gasteiger charge is -2.26. The Morgan fingerprint density at radius 2 is 1.84 bits per heavy atom. The standard InChI is InChI=1S/C23H19N7O/c1-13-20(23(31)28-25-13)16-11-19(17-12-24-18-10-6-5-9-15(17)18)29-30-21(26-27-22(16)30)14-7-3-2-4-8-14/h2-10,12,16,20,24H,11H2,1H3,(H,28,31). The maximum atomic E-state index is 12.6. The van der Waals surface area contributed by atoms with Crippen molar-refractivity contribution in [2.45, 2.75) is 19.3 Å². The summed E-state index contributed by atoms with van der Waals surface area (Å²) >= 11 is 0. The first-order valence-corrected chi connectivity index (χ1v) is 10.2. The molecule has 2 unspecified atom stereocenters. The molecule has 8 nitrogen and oxygen atoms in total. The van der Waals surface area contributed by atoms with Crippen molar-refractivity contribution in [2.24, 2.45) is 16.1 Å². The van der Waals surface area contributed by atoms with Gasteiger partial charge in [0.15, 0.2) is 11.6 Å². The van der Waals surface area contributed by atoms with Crippen molar-refractivity contribution in [3.05, 3.63) is 72.2 Å². The van der Waals surface area contributed by atoms with Crippen LogP contribution in [0.15, 0.2) is 71.0 Å². The molecule has 6 rings (SSSR count). The van der Waals surface area contributed by atoms with Crippen molar-refractivity contribution in [3.63, 3.8) is 0 Å². The predicted molar refractivity (Wildman–Crippen MR) is 118 cm³/mol. The highest BCUT2D eigenvalue weighted by Gasteiger charge is 2.42. The Morgan fingerprint density at radius 1 is 1.03 bits per heavy atom. The third kappa shape index (κ3) is 2.72. The van der Waals surface area contributed by atoms with Crippen LogP contribution in [0.1, 0.15) is 30.7 Å². The van der Waals surface area contributed by atoms with Crippen molar-refractivity contribution in [1.29, 1.82) is 0 Å². The van der Waals surface area contributed by atoms with Crippen LogP contribution >= 0.6 is 0 Å². The quantitative estimate of drug-likeness (QED) is 0.543. The van der Waals surface area contributed by atoms with Crippen LogP contribution in [0.25, 0.3) is 22.3 Å². The fourth-order valence-corrected chi connectivity index (χ4v) is 4.54. The predicted octanol–water partition coefficient (Wildman–Crippen LogP) is 3.29. The van der Waals surface area contributed by atoms with Crippen molar-refractivity contribution >= 4 is 28.2 Å². The zero-order valence-corrected chi connectivity index (χ0v) is 16.8. The molecular weight excluding hydrogens is 390 g/mol. The largest absolute Gasteiger partial charge is 0.360 e. The molecule has 4 heterocycles. The van der Waals surface area contributed by atoms with Crippen LogP contribution in [-0.2, 0) is 4.79 Å². The van der Waals surface area contributed by atoms with Gasteiger partial charge in [-0.15, -0.1) is 10.2 Å². The number of benzene rings is 2. The second-order valence-electron chi connectivity index (χ2n) is 7.87. The lowest BCUT2D eigenvalue weighted by molar-refractivity contribution is -0.122. The lowest BCUT2D eigenvalue weighted by atomic mass is 9.82. The highest BCUT2D eigenvalue weighted by atomic mass is 16.2. The van der Waals surface area contributed by atoms with Gasteiger partial charge in [-0.05, 0) is 13.0 Å². The molecule has 2 aromatic carbocycles. The maximum absolute atomic E-state index is 12.6. The van der Waals surface area contributed by atoms with Crippen LogP contribution in [0.2, 0.25) is 0 Å². The van der Waals surface area contributed by atoms with Crippen LogP contribution in [0.5, 0.6) is 0 Å². The molecule has 0 spiro atoms. The van der Waals surface area contributed by atoms with E-state index in [0.29, 0.717) is 18.1 Å². The Kier molecular flexibility index (Phi) is 3.86. The van der Waals surface area contributed by atoms with Crippen molar-refractivity contribution in [2.75, 3.05) is 0 Å². The van der Waals surface area contributed by atoms with Gasteiger partial charge >= 0.3 is 0 Å². The first-order chi connectivity index (χ1) is 15.2. The van der Waals surface area contributed by atoms with Crippen LogP contribution in [0.4, 0.5) is 0 Å². The summed E-state index contributed by atoms with van der Waals surface area (Å²) in [6.07, 6.45) is 2.55. The number of hydrogen-bond donors (Lipinski definition) is 2. The SMILES string of the molecule is CC1=NNC(=O)C1C1CC(c2c[nH]c3ccccc23)=Nn2c(-c3ccccc3)nnc21. The molecule has 2 atom stereocenters. The van der Waals surface area contributed by atoms with Gasteiger partial charge in [-0.1, -0.05) is 48.5 Å². The van der Waals surface area contributed by atoms with Crippen LogP contribution < -0.4 is 5.43 Å². The number of nitrogens with zero attached hydrogens (tertiary/aromatic N) is 5. The highest BCUT2D eigenvalue weighted by molar-refractivity contribution is 6.13. The van der Waals surface area contributed by atoms with E-state index < -0.39 is 5.92 Å². The Balaban J connectivity index is 1.55. The average molecular weight is 409 g/mol. The fourth-order valence-electron chi connectivity index (χ4n) is 4.54. The minimum Gasteiger partial charge on any atom is -0.360 e. The summed E-state index contributed by atoms with van der Waals surface area (Å²) < 4.78 is 1.79. The van der Waals surface area contributed by atoms with Gasteiger partial charge in [0.25, 0.3) is 0 Å². The number of H-pyrrole nitrogens is 1. The number of hydrazone groups is 1. The molecule has 2 aromatic heterocycles. The van der Waals surface area contributed by atoms with Gasteiger partial charge in [0, 0.05) is 46.3 Å². The molecule has 0 saturated heterocycles. The van der Waals surface area contributed by atoms with E-state index >= 15 is 0 Å². The molecule has 2 N–H and O–H groups in total. The summed E-state index contributed by atoms with van der Waals surface area (Å²) in [5, 5.41) is 19.1. The van der Waals surface area contributed by atoms with Gasteiger partial charge in [-0.2, -0.15) is 14.9 Å². The molecule has 2 aliphatic heterocycles. The minimum absolute atomic E-state index is 0.113. The van der Waals surface area contributed by atoms with E-state index in [1.54, 1.807) is 4.68 Å². The first-order valence-electron chi connectivity index (χ1n) is 10.2. The molecule has 4 aromatic rings. The van der Waals surface area contributed by atoms with Crippen LogP contribution in [0, 0.1) is 5.92 Å². The topological polar surface area (TPSA) is 100 Å². The summed E-state index contributed by atoms with van der Waals surface area (Å²) in [7, 11) is 0. The van der Waals surface area contributed by atoms with Crippen molar-refractivity contribution < 1.29 is 4.79 Å². The van der Waals surface area contributed by atoms with Gasteiger partial charge < -0.3 is 4.98 Å². The molecular formula is C23H19N7O. The normalized spacial score (nSPS) is 20.4. The van der Waals surface area contributed by atoms with E-state index in [1.807, 2.05) is 61.7 Å². The summed E-state index contributed by atoms with van der Waals surface area (Å²) in [6, 6.07) is 18.0. The van der Waals surface area contributed by atoms with E-state index in [9.17, 15) is 4.79 Å². The Hall–Kier alpha value is -4.07. The Bertz CT molecular complexity index is 1380. The number of aromatic nitrogens is 4. The summed E-state index contributed by atoms with van der Waals surface area (Å²) in [4.78, 5) is 16.0. The first kappa shape index (κ1) is 17.8. The molecule has 0 aliphatic carbocycles. The lowest BCUT2D eigenvalue weighted by Crippen LogP contribution is -2.33. The number of fused-ring (bicyclic) bond motifs is 2. The van der Waals surface area contributed by atoms with E-state index in [1.165, 1.54) is 0 Å². The van der Waals surface area contributed by atoms with E-state index in [-0.39, 0.29) is 11.8 Å². The third-order valence-electron chi connectivity index (χ3n) is 6.04. The second kappa shape index (κ2) is 6.73. The molecule has 8 heteroatoms. The van der Waals surface area contributed by atoms with Gasteiger partial charge in [-0.25, -0.2) is 5.43 Å². The molecule has 0 radical (unpaired) electrons. The number of aromatic amines is 1. The molecule has 152 valence electrons. The molecule has 0 fully saturated rings. The molecule has 1 amide bonds. The number of rotatable bonds is 3. The van der Waals surface area contributed by atoms with Crippen molar-refractivity contribution in [1.82, 2.24) is 25.3 Å². The molecule has 31 heavy (non-hydrogen) atoms. The molecule has 2 aliphatic rings. The summed E-state index contributed by atoms with van der Waals surface area (Å²) in [6.45, 7) is 1.87. The summed E-state index contributed by atoms with van der Waals surface area (Å²) in [5.41, 5.74) is 7.24. The Labute approximate surface area is 177 Å². The van der Waals surface area contributed by atoms with Crippen molar-refractivity contribution in [3.8, 4) is 11.4 Å². The Morgan fingerprint density at radius 3 is 2.65 bits per heavy atom. The number of hydrogen-bond acceptors (Lipinski definition) is 5. The van der Waals surface area contributed by atoms with Gasteiger partial charge in [0.1, 0.15) is 0 Å².